The van der Waals surface area contributed by atoms with E-state index in [2.05, 4.69) is 15.9 Å². The fourth-order valence-electron chi connectivity index (χ4n) is 1.72. The number of hydrazine groups is 1. The number of rotatable bonds is 5. The quantitative estimate of drug-likeness (QED) is 0.453. The number of carbonyl (C=O) groups excluding carboxylic acids is 1. The highest BCUT2D eigenvalue weighted by Gasteiger charge is 2.16. The van der Waals surface area contributed by atoms with E-state index < -0.39 is 15.9 Å². The van der Waals surface area contributed by atoms with Crippen LogP contribution in [0.5, 0.6) is 0 Å². The van der Waals surface area contributed by atoms with E-state index >= 15 is 0 Å². The van der Waals surface area contributed by atoms with Crippen molar-refractivity contribution in [1.29, 1.82) is 5.26 Å². The largest absolute Gasteiger partial charge is 0.276 e. The Morgan fingerprint density at radius 2 is 1.71 bits per heavy atom. The van der Waals surface area contributed by atoms with Crippen LogP contribution >= 0.6 is 15.9 Å². The molecule has 0 atom stereocenters. The molecule has 1 amide bonds. The summed E-state index contributed by atoms with van der Waals surface area (Å²) < 4.78 is 24.9. The maximum absolute atomic E-state index is 12.1. The molecule has 0 aromatic heterocycles. The lowest BCUT2D eigenvalue weighted by Crippen LogP contribution is -2.42. The van der Waals surface area contributed by atoms with Gasteiger partial charge in [-0.3, -0.25) is 10.2 Å². The molecule has 122 valence electrons. The molecule has 8 heteroatoms. The summed E-state index contributed by atoms with van der Waals surface area (Å²) in [6.07, 6.45) is 1.36. The molecule has 0 aliphatic rings. The summed E-state index contributed by atoms with van der Waals surface area (Å²) >= 11 is 3.21. The first kappa shape index (κ1) is 17.9. The monoisotopic (exact) mass is 405 g/mol. The zero-order valence-electron chi connectivity index (χ0n) is 12.2. The molecule has 0 spiro atoms. The topological polar surface area (TPSA) is 99.1 Å². The number of hydrogen-bond donors (Lipinski definition) is 2. The van der Waals surface area contributed by atoms with Crippen LogP contribution < -0.4 is 10.3 Å². The highest BCUT2D eigenvalue weighted by atomic mass is 79.9. The molecule has 0 saturated heterocycles. The molecule has 0 heterocycles. The highest BCUT2D eigenvalue weighted by molar-refractivity contribution is 9.10. The van der Waals surface area contributed by atoms with Gasteiger partial charge < -0.3 is 0 Å². The van der Waals surface area contributed by atoms with E-state index in [0.29, 0.717) is 5.56 Å². The van der Waals surface area contributed by atoms with Crippen LogP contribution in [0.25, 0.3) is 6.08 Å². The first-order valence-corrected chi connectivity index (χ1v) is 8.94. The SMILES string of the molecule is N#C/C(=C/c1ccccc1)C(=O)NNS(=O)(=O)c1ccc(Br)cc1. The van der Waals surface area contributed by atoms with Crippen LogP contribution in [0.3, 0.4) is 0 Å². The van der Waals surface area contributed by atoms with E-state index in [4.69, 9.17) is 5.26 Å². The van der Waals surface area contributed by atoms with Crippen LogP contribution in [-0.4, -0.2) is 14.3 Å². The lowest BCUT2D eigenvalue weighted by Gasteiger charge is -2.08. The standard InChI is InChI=1S/C16H12BrN3O3S/c17-14-6-8-15(9-7-14)24(22,23)20-19-16(21)13(11-18)10-12-4-2-1-3-5-12/h1-10,20H,(H,19,21)/b13-10-. The smallest absolute Gasteiger partial charge is 0.273 e. The van der Waals surface area contributed by atoms with Crippen LogP contribution in [0.15, 0.2) is 69.5 Å². The van der Waals surface area contributed by atoms with Crippen molar-refractivity contribution in [3.8, 4) is 6.07 Å². The second kappa shape index (κ2) is 7.88. The van der Waals surface area contributed by atoms with E-state index in [1.165, 1.54) is 18.2 Å². The summed E-state index contributed by atoms with van der Waals surface area (Å²) in [5, 5.41) is 9.07. The van der Waals surface area contributed by atoms with Crippen molar-refractivity contribution < 1.29 is 13.2 Å². The minimum atomic E-state index is -3.93. The number of nitriles is 1. The number of hydrogen-bond acceptors (Lipinski definition) is 4. The van der Waals surface area contributed by atoms with Gasteiger partial charge in [-0.2, -0.15) is 5.26 Å². The van der Waals surface area contributed by atoms with E-state index in [-0.39, 0.29) is 10.5 Å². The molecule has 2 aromatic carbocycles. The maximum Gasteiger partial charge on any atom is 0.276 e. The van der Waals surface area contributed by atoms with Gasteiger partial charge in [-0.05, 0) is 35.9 Å². The van der Waals surface area contributed by atoms with Crippen LogP contribution in [0.2, 0.25) is 0 Å². The van der Waals surface area contributed by atoms with Crippen LogP contribution in [0.4, 0.5) is 0 Å². The van der Waals surface area contributed by atoms with E-state index in [1.807, 2.05) is 10.3 Å². The summed E-state index contributed by atoms with van der Waals surface area (Å²) in [6.45, 7) is 0. The maximum atomic E-state index is 12.1. The fourth-order valence-corrected chi connectivity index (χ4v) is 2.82. The third-order valence-corrected chi connectivity index (χ3v) is 4.69. The molecule has 2 rings (SSSR count). The Morgan fingerprint density at radius 1 is 1.08 bits per heavy atom. The lowest BCUT2D eigenvalue weighted by molar-refractivity contribution is -0.117. The summed E-state index contributed by atoms with van der Waals surface area (Å²) in [6, 6.07) is 16.4. The Kier molecular flexibility index (Phi) is 5.87. The molecule has 0 bridgehead atoms. The summed E-state index contributed by atoms with van der Waals surface area (Å²) in [5.74, 6) is -0.845. The van der Waals surface area contributed by atoms with E-state index in [9.17, 15) is 13.2 Å². The zero-order valence-corrected chi connectivity index (χ0v) is 14.6. The number of amides is 1. The highest BCUT2D eigenvalue weighted by Crippen LogP contribution is 2.14. The second-order valence-corrected chi connectivity index (χ2v) is 7.19. The predicted octanol–water partition coefficient (Wildman–Crippen LogP) is 2.37. The number of nitrogens with zero attached hydrogens (tertiary/aromatic N) is 1. The Balaban J connectivity index is 2.10. The van der Waals surface area contributed by atoms with Gasteiger partial charge in [0, 0.05) is 4.47 Å². The number of benzene rings is 2. The van der Waals surface area contributed by atoms with E-state index in [0.717, 1.165) is 4.47 Å². The Bertz CT molecular complexity index is 902. The van der Waals surface area contributed by atoms with Gasteiger partial charge in [0.25, 0.3) is 15.9 Å². The molecule has 0 unspecified atom stereocenters. The van der Waals surface area contributed by atoms with Crippen LogP contribution in [0, 0.1) is 11.3 Å². The van der Waals surface area contributed by atoms with Gasteiger partial charge in [-0.1, -0.05) is 46.3 Å². The molecule has 2 N–H and O–H groups in total. The second-order valence-electron chi connectivity index (χ2n) is 4.59. The average Bonchev–Trinajstić information content (AvgIpc) is 2.59. The van der Waals surface area contributed by atoms with Gasteiger partial charge in [0.15, 0.2) is 0 Å². The van der Waals surface area contributed by atoms with Crippen molar-refractivity contribution in [2.45, 2.75) is 4.90 Å². The summed E-state index contributed by atoms with van der Waals surface area (Å²) in [4.78, 5) is 13.9. The molecule has 0 radical (unpaired) electrons. The normalized spacial score (nSPS) is 11.6. The van der Waals surface area contributed by atoms with Gasteiger partial charge in [-0.25, -0.2) is 8.42 Å². The first-order valence-electron chi connectivity index (χ1n) is 6.67. The average molecular weight is 406 g/mol. The van der Waals surface area contributed by atoms with Gasteiger partial charge in [0.05, 0.1) is 4.90 Å². The fraction of sp³-hybridized carbons (Fsp3) is 0. The van der Waals surface area contributed by atoms with Gasteiger partial charge in [0.2, 0.25) is 0 Å². The van der Waals surface area contributed by atoms with E-state index in [1.54, 1.807) is 48.5 Å². The summed E-state index contributed by atoms with van der Waals surface area (Å²) in [5.41, 5.74) is 2.46. The van der Waals surface area contributed by atoms with Crippen molar-refractivity contribution in [3.63, 3.8) is 0 Å². The number of halogens is 1. The molecule has 0 aliphatic carbocycles. The lowest BCUT2D eigenvalue weighted by atomic mass is 10.1. The van der Waals surface area contributed by atoms with Crippen molar-refractivity contribution in [2.24, 2.45) is 0 Å². The molecule has 2 aromatic rings. The Labute approximate surface area is 148 Å². The van der Waals surface area contributed by atoms with Crippen LogP contribution in [-0.2, 0) is 14.8 Å². The van der Waals surface area contributed by atoms with Crippen molar-refractivity contribution in [2.75, 3.05) is 0 Å². The van der Waals surface area contributed by atoms with Crippen LogP contribution in [0.1, 0.15) is 5.56 Å². The zero-order chi connectivity index (χ0) is 17.6. The third-order valence-electron chi connectivity index (χ3n) is 2.90. The molecular formula is C16H12BrN3O3S. The molecular weight excluding hydrogens is 394 g/mol. The van der Waals surface area contributed by atoms with Crippen molar-refractivity contribution >= 4 is 37.9 Å². The number of carbonyl (C=O) groups is 1. The molecule has 24 heavy (non-hydrogen) atoms. The third kappa shape index (κ3) is 4.76. The molecule has 0 fully saturated rings. The number of nitrogens with one attached hydrogen (secondary N) is 2. The predicted molar refractivity (Wildman–Crippen MR) is 92.6 cm³/mol. The molecule has 0 aliphatic heterocycles. The minimum absolute atomic E-state index is 0.0171. The molecule has 6 nitrogen and oxygen atoms in total. The van der Waals surface area contributed by atoms with Gasteiger partial charge in [0.1, 0.15) is 11.6 Å². The Morgan fingerprint density at radius 3 is 2.29 bits per heavy atom. The van der Waals surface area contributed by atoms with Gasteiger partial charge >= 0.3 is 0 Å². The summed E-state index contributed by atoms with van der Waals surface area (Å²) in [7, 11) is -3.93. The van der Waals surface area contributed by atoms with Gasteiger partial charge in [-0.15, -0.1) is 4.83 Å². The Hall–Kier alpha value is -2.47. The molecule has 0 saturated carbocycles. The number of sulfonamides is 1. The first-order chi connectivity index (χ1) is 11.4. The van der Waals surface area contributed by atoms with Crippen molar-refractivity contribution in [1.82, 2.24) is 10.3 Å². The minimum Gasteiger partial charge on any atom is -0.273 e. The van der Waals surface area contributed by atoms with Crippen molar-refractivity contribution in [3.05, 3.63) is 70.2 Å².